The van der Waals surface area contributed by atoms with E-state index in [1.807, 2.05) is 0 Å². The molecule has 0 nitrogen and oxygen atoms in total. The fraction of sp³-hybridized carbons (Fsp3) is 1.00. The molecule has 0 spiro atoms. The van der Waals surface area contributed by atoms with E-state index in [4.69, 9.17) is 0 Å². The van der Waals surface area contributed by atoms with Crippen LogP contribution in [0.4, 0.5) is 0 Å². The van der Waals surface area contributed by atoms with Crippen LogP contribution in [0, 0.1) is 35.5 Å². The molecule has 2 aliphatic carbocycles. The Balaban J connectivity index is 2.08. The van der Waals surface area contributed by atoms with Gasteiger partial charge in [0.1, 0.15) is 0 Å². The maximum Gasteiger partial charge on any atom is -0.0355 e. The largest absolute Gasteiger partial charge is 0.0651 e. The van der Waals surface area contributed by atoms with Gasteiger partial charge in [0.2, 0.25) is 0 Å². The van der Waals surface area contributed by atoms with Crippen molar-refractivity contribution in [3.63, 3.8) is 0 Å². The highest BCUT2D eigenvalue weighted by Crippen LogP contribution is 2.52. The highest BCUT2D eigenvalue weighted by Gasteiger charge is 2.43. The smallest absolute Gasteiger partial charge is 0.0355 e. The van der Waals surface area contributed by atoms with Gasteiger partial charge in [0, 0.05) is 0 Å². The molecule has 2 saturated carbocycles. The van der Waals surface area contributed by atoms with Crippen molar-refractivity contribution in [2.75, 3.05) is 0 Å². The molecule has 0 aromatic carbocycles. The second kappa shape index (κ2) is 4.47. The van der Waals surface area contributed by atoms with E-state index in [0.717, 1.165) is 35.5 Å². The summed E-state index contributed by atoms with van der Waals surface area (Å²) in [6, 6.07) is 0. The van der Waals surface area contributed by atoms with Crippen LogP contribution < -0.4 is 0 Å². The molecule has 0 aromatic rings. The average Bonchev–Trinajstić information content (AvgIpc) is 2.59. The van der Waals surface area contributed by atoms with E-state index in [0.29, 0.717) is 0 Å². The van der Waals surface area contributed by atoms with Crippen LogP contribution in [0.5, 0.6) is 0 Å². The first kappa shape index (κ1) is 11.5. The fourth-order valence-corrected chi connectivity index (χ4v) is 4.32. The molecule has 15 heavy (non-hydrogen) atoms. The zero-order valence-corrected chi connectivity index (χ0v) is 11.0. The lowest BCUT2D eigenvalue weighted by atomic mass is 9.64. The van der Waals surface area contributed by atoms with E-state index in [1.165, 1.54) is 25.7 Å². The first-order valence-corrected chi connectivity index (χ1v) is 7.13. The van der Waals surface area contributed by atoms with Crippen molar-refractivity contribution in [3.05, 3.63) is 0 Å². The second-order valence-electron chi connectivity index (χ2n) is 6.53. The Morgan fingerprint density at radius 2 is 1.80 bits per heavy atom. The van der Waals surface area contributed by atoms with E-state index < -0.39 is 0 Å². The Morgan fingerprint density at radius 1 is 1.07 bits per heavy atom. The molecule has 5 unspecified atom stereocenters. The van der Waals surface area contributed by atoms with Crippen molar-refractivity contribution in [1.82, 2.24) is 0 Å². The molecule has 0 aliphatic heterocycles. The van der Waals surface area contributed by atoms with Crippen molar-refractivity contribution >= 4 is 0 Å². The van der Waals surface area contributed by atoms with Crippen molar-refractivity contribution in [2.45, 2.75) is 59.8 Å². The summed E-state index contributed by atoms with van der Waals surface area (Å²) in [6.45, 7) is 9.77. The molecule has 2 aliphatic rings. The number of hydrogen-bond acceptors (Lipinski definition) is 0. The molecule has 0 saturated heterocycles. The van der Waals surface area contributed by atoms with Gasteiger partial charge in [-0.15, -0.1) is 0 Å². The molecular formula is C15H28. The Bertz CT molecular complexity index is 206. The molecule has 0 heterocycles. The predicted molar refractivity (Wildman–Crippen MR) is 66.7 cm³/mol. The molecule has 0 heteroatoms. The molecule has 0 aromatic heterocycles. The monoisotopic (exact) mass is 208 g/mol. The highest BCUT2D eigenvalue weighted by molar-refractivity contribution is 4.93. The van der Waals surface area contributed by atoms with Gasteiger partial charge >= 0.3 is 0 Å². The lowest BCUT2D eigenvalue weighted by molar-refractivity contribution is 0.0843. The van der Waals surface area contributed by atoms with Gasteiger partial charge in [0.25, 0.3) is 0 Å². The van der Waals surface area contributed by atoms with Gasteiger partial charge in [-0.3, -0.25) is 0 Å². The molecule has 2 fully saturated rings. The van der Waals surface area contributed by atoms with Crippen LogP contribution in [0.3, 0.4) is 0 Å². The zero-order chi connectivity index (χ0) is 11.0. The Labute approximate surface area is 95.8 Å². The first-order chi connectivity index (χ1) is 7.13. The third-order valence-corrected chi connectivity index (χ3v) is 5.49. The Kier molecular flexibility index (Phi) is 3.42. The van der Waals surface area contributed by atoms with E-state index in [9.17, 15) is 0 Å². The lowest BCUT2D eigenvalue weighted by Crippen LogP contribution is -2.33. The van der Waals surface area contributed by atoms with Crippen LogP contribution in [-0.4, -0.2) is 0 Å². The maximum absolute atomic E-state index is 2.50. The minimum atomic E-state index is 0.910. The number of rotatable bonds is 2. The summed E-state index contributed by atoms with van der Waals surface area (Å²) in [5.74, 6) is 6.19. The highest BCUT2D eigenvalue weighted by atomic mass is 14.5. The van der Waals surface area contributed by atoms with Crippen LogP contribution in [0.25, 0.3) is 0 Å². The molecule has 88 valence electrons. The maximum atomic E-state index is 2.50. The van der Waals surface area contributed by atoms with Crippen LogP contribution in [-0.2, 0) is 0 Å². The van der Waals surface area contributed by atoms with Gasteiger partial charge in [0.15, 0.2) is 0 Å². The molecule has 0 amide bonds. The lowest BCUT2D eigenvalue weighted by Gasteiger charge is -2.41. The quantitative estimate of drug-likeness (QED) is 0.615. The summed E-state index contributed by atoms with van der Waals surface area (Å²) in [4.78, 5) is 0. The fourth-order valence-electron chi connectivity index (χ4n) is 4.32. The third-order valence-electron chi connectivity index (χ3n) is 5.49. The molecule has 2 rings (SSSR count). The number of hydrogen-bond donors (Lipinski definition) is 0. The predicted octanol–water partition coefficient (Wildman–Crippen LogP) is 4.74. The molecule has 0 radical (unpaired) electrons. The summed E-state index contributed by atoms with van der Waals surface area (Å²) in [7, 11) is 0. The summed E-state index contributed by atoms with van der Waals surface area (Å²) >= 11 is 0. The van der Waals surface area contributed by atoms with Crippen molar-refractivity contribution in [3.8, 4) is 0 Å². The van der Waals surface area contributed by atoms with Gasteiger partial charge in [0.05, 0.1) is 0 Å². The van der Waals surface area contributed by atoms with Crippen molar-refractivity contribution < 1.29 is 0 Å². The van der Waals surface area contributed by atoms with E-state index in [2.05, 4.69) is 27.7 Å². The first-order valence-electron chi connectivity index (χ1n) is 7.13. The summed E-state index contributed by atoms with van der Waals surface area (Å²) in [5.41, 5.74) is 0. The van der Waals surface area contributed by atoms with Crippen molar-refractivity contribution in [1.29, 1.82) is 0 Å². The van der Waals surface area contributed by atoms with Crippen molar-refractivity contribution in [2.24, 2.45) is 35.5 Å². The van der Waals surface area contributed by atoms with Gasteiger partial charge in [-0.25, -0.2) is 0 Å². The number of fused-ring (bicyclic) bond motifs is 1. The molecular weight excluding hydrogens is 180 g/mol. The van der Waals surface area contributed by atoms with Gasteiger partial charge in [-0.2, -0.15) is 0 Å². The van der Waals surface area contributed by atoms with E-state index in [1.54, 1.807) is 6.42 Å². The topological polar surface area (TPSA) is 0 Å². The SMILES string of the molecule is CCC1CC(C(C)C)CC2C(C)CCC12. The minimum absolute atomic E-state index is 0.910. The summed E-state index contributed by atoms with van der Waals surface area (Å²) < 4.78 is 0. The average molecular weight is 208 g/mol. The Morgan fingerprint density at radius 3 is 2.40 bits per heavy atom. The van der Waals surface area contributed by atoms with Crippen LogP contribution in [0.2, 0.25) is 0 Å². The van der Waals surface area contributed by atoms with Crippen LogP contribution >= 0.6 is 0 Å². The third kappa shape index (κ3) is 2.10. The molecule has 5 atom stereocenters. The standard InChI is InChI=1S/C15H28/c1-5-12-8-13(10(2)3)9-15-11(4)6-7-14(12)15/h10-15H,5-9H2,1-4H3. The van der Waals surface area contributed by atoms with Crippen LogP contribution in [0.1, 0.15) is 59.8 Å². The van der Waals surface area contributed by atoms with Gasteiger partial charge in [-0.05, 0) is 54.8 Å². The summed E-state index contributed by atoms with van der Waals surface area (Å²) in [5, 5.41) is 0. The minimum Gasteiger partial charge on any atom is -0.0651 e. The van der Waals surface area contributed by atoms with E-state index >= 15 is 0 Å². The molecule has 0 N–H and O–H groups in total. The normalized spacial score (nSPS) is 45.8. The van der Waals surface area contributed by atoms with Crippen LogP contribution in [0.15, 0.2) is 0 Å². The van der Waals surface area contributed by atoms with Gasteiger partial charge in [-0.1, -0.05) is 40.5 Å². The van der Waals surface area contributed by atoms with Gasteiger partial charge < -0.3 is 0 Å². The Hall–Kier alpha value is 0. The van der Waals surface area contributed by atoms with E-state index in [-0.39, 0.29) is 0 Å². The molecule has 0 bridgehead atoms. The summed E-state index contributed by atoms with van der Waals surface area (Å²) in [6.07, 6.45) is 7.55. The zero-order valence-electron chi connectivity index (χ0n) is 11.0. The second-order valence-corrected chi connectivity index (χ2v) is 6.53.